The zero-order valence-corrected chi connectivity index (χ0v) is 10.4. The minimum absolute atomic E-state index is 0.310. The minimum Gasteiger partial charge on any atom is -0.399 e. The van der Waals surface area contributed by atoms with Gasteiger partial charge in [0.05, 0.1) is 0 Å². The van der Waals surface area contributed by atoms with Gasteiger partial charge in [-0.25, -0.2) is 0 Å². The van der Waals surface area contributed by atoms with Crippen LogP contribution in [0, 0.1) is 5.92 Å². The molecule has 1 atom stereocenters. The van der Waals surface area contributed by atoms with Gasteiger partial charge in [-0.15, -0.1) is 0 Å². The number of hydrogen-bond acceptors (Lipinski definition) is 2. The highest BCUT2D eigenvalue weighted by molar-refractivity contribution is 5.78. The Morgan fingerprint density at radius 3 is 2.94 bits per heavy atom. The number of amides is 1. The van der Waals surface area contributed by atoms with Crippen molar-refractivity contribution in [3.05, 3.63) is 29.8 Å². The number of anilines is 1. The Balaban J connectivity index is 1.78. The molecule has 3 nitrogen and oxygen atoms in total. The molecule has 0 aliphatic carbocycles. The Morgan fingerprint density at radius 1 is 1.47 bits per heavy atom. The lowest BCUT2D eigenvalue weighted by Gasteiger charge is -2.15. The van der Waals surface area contributed by atoms with Gasteiger partial charge in [0, 0.05) is 25.2 Å². The van der Waals surface area contributed by atoms with Crippen molar-refractivity contribution in [3.63, 3.8) is 0 Å². The topological polar surface area (TPSA) is 46.3 Å². The van der Waals surface area contributed by atoms with Crippen LogP contribution in [-0.2, 0) is 11.2 Å². The number of carbonyl (C=O) groups excluding carboxylic acids is 1. The summed E-state index contributed by atoms with van der Waals surface area (Å²) in [5, 5.41) is 0. The maximum Gasteiger partial charge on any atom is 0.222 e. The molecule has 1 aliphatic rings. The Kier molecular flexibility index (Phi) is 3.67. The van der Waals surface area contributed by atoms with Crippen molar-refractivity contribution in [1.29, 1.82) is 0 Å². The second-order valence-corrected chi connectivity index (χ2v) is 5.00. The molecule has 2 N–H and O–H groups in total. The zero-order chi connectivity index (χ0) is 12.3. The van der Waals surface area contributed by atoms with Crippen molar-refractivity contribution in [2.45, 2.75) is 26.2 Å². The molecule has 0 aromatic heterocycles. The summed E-state index contributed by atoms with van der Waals surface area (Å²) in [6.45, 7) is 3.93. The summed E-state index contributed by atoms with van der Waals surface area (Å²) in [5.41, 5.74) is 7.80. The predicted octanol–water partition coefficient (Wildman–Crippen LogP) is 2.07. The highest BCUT2D eigenvalue weighted by Crippen LogP contribution is 2.17. The van der Waals surface area contributed by atoms with E-state index in [1.54, 1.807) is 0 Å². The number of carbonyl (C=O) groups is 1. The molecule has 17 heavy (non-hydrogen) atoms. The van der Waals surface area contributed by atoms with E-state index in [1.165, 1.54) is 5.56 Å². The van der Waals surface area contributed by atoms with Gasteiger partial charge in [0.15, 0.2) is 0 Å². The second-order valence-electron chi connectivity index (χ2n) is 5.00. The molecule has 2 rings (SSSR count). The van der Waals surface area contributed by atoms with Crippen molar-refractivity contribution < 1.29 is 4.79 Å². The molecule has 1 saturated heterocycles. The van der Waals surface area contributed by atoms with Gasteiger partial charge in [-0.2, -0.15) is 0 Å². The number of hydrogen-bond donors (Lipinski definition) is 1. The fraction of sp³-hybridized carbons (Fsp3) is 0.500. The first kappa shape index (κ1) is 12.0. The van der Waals surface area contributed by atoms with Gasteiger partial charge in [-0.1, -0.05) is 19.1 Å². The number of nitrogens with zero attached hydrogens (tertiary/aromatic N) is 1. The predicted molar refractivity (Wildman–Crippen MR) is 69.5 cm³/mol. The van der Waals surface area contributed by atoms with E-state index in [4.69, 9.17) is 5.73 Å². The van der Waals surface area contributed by atoms with Gasteiger partial charge >= 0.3 is 0 Å². The molecule has 1 aromatic carbocycles. The molecule has 1 aliphatic heterocycles. The number of aryl methyl sites for hydroxylation is 1. The third-order valence-electron chi connectivity index (χ3n) is 3.25. The maximum absolute atomic E-state index is 11.6. The summed E-state index contributed by atoms with van der Waals surface area (Å²) >= 11 is 0. The quantitative estimate of drug-likeness (QED) is 0.808. The van der Waals surface area contributed by atoms with Crippen LogP contribution in [0.2, 0.25) is 0 Å². The van der Waals surface area contributed by atoms with Crippen LogP contribution in [0.3, 0.4) is 0 Å². The van der Waals surface area contributed by atoms with Gasteiger partial charge in [0.1, 0.15) is 0 Å². The van der Waals surface area contributed by atoms with Crippen LogP contribution in [0.15, 0.2) is 24.3 Å². The van der Waals surface area contributed by atoms with E-state index in [1.807, 2.05) is 23.1 Å². The molecule has 1 aromatic rings. The Hall–Kier alpha value is -1.51. The van der Waals surface area contributed by atoms with E-state index < -0.39 is 0 Å². The van der Waals surface area contributed by atoms with Gasteiger partial charge in [0.25, 0.3) is 0 Å². The summed E-state index contributed by atoms with van der Waals surface area (Å²) < 4.78 is 0. The van der Waals surface area contributed by atoms with Crippen LogP contribution in [0.25, 0.3) is 0 Å². The van der Waals surface area contributed by atoms with Gasteiger partial charge in [-0.05, 0) is 36.5 Å². The van der Waals surface area contributed by atoms with Crippen LogP contribution in [-0.4, -0.2) is 23.9 Å². The van der Waals surface area contributed by atoms with E-state index in [9.17, 15) is 4.79 Å². The lowest BCUT2D eigenvalue weighted by atomic mass is 10.1. The minimum atomic E-state index is 0.310. The number of benzene rings is 1. The smallest absolute Gasteiger partial charge is 0.222 e. The van der Waals surface area contributed by atoms with E-state index in [2.05, 4.69) is 13.0 Å². The Morgan fingerprint density at radius 2 is 2.29 bits per heavy atom. The van der Waals surface area contributed by atoms with Crippen molar-refractivity contribution in [3.8, 4) is 0 Å². The average molecular weight is 232 g/mol. The molecule has 1 heterocycles. The second kappa shape index (κ2) is 5.21. The number of rotatable bonds is 4. The standard InChI is InChI=1S/C14H20N2O/c1-11-8-14(17)16(10-11)7-3-5-12-4-2-6-13(15)9-12/h2,4,6,9,11H,3,5,7-8,10,15H2,1H3. The van der Waals surface area contributed by atoms with Crippen molar-refractivity contribution >= 4 is 11.6 Å². The fourth-order valence-electron chi connectivity index (χ4n) is 2.41. The first-order chi connectivity index (χ1) is 8.15. The number of likely N-dealkylation sites (tertiary alicyclic amines) is 1. The normalized spacial score (nSPS) is 19.9. The van der Waals surface area contributed by atoms with Crippen LogP contribution >= 0.6 is 0 Å². The summed E-state index contributed by atoms with van der Waals surface area (Å²) in [7, 11) is 0. The van der Waals surface area contributed by atoms with Crippen LogP contribution in [0.5, 0.6) is 0 Å². The zero-order valence-electron chi connectivity index (χ0n) is 10.4. The third-order valence-corrected chi connectivity index (χ3v) is 3.25. The Labute approximate surface area is 103 Å². The first-order valence-electron chi connectivity index (χ1n) is 6.27. The lowest BCUT2D eigenvalue weighted by Crippen LogP contribution is -2.26. The van der Waals surface area contributed by atoms with Crippen LogP contribution in [0.4, 0.5) is 5.69 Å². The number of nitrogens with two attached hydrogens (primary N) is 1. The Bertz CT molecular complexity index is 403. The molecule has 1 unspecified atom stereocenters. The molecular weight excluding hydrogens is 212 g/mol. The monoisotopic (exact) mass is 232 g/mol. The third kappa shape index (κ3) is 3.22. The molecule has 0 spiro atoms. The average Bonchev–Trinajstić information content (AvgIpc) is 2.58. The van der Waals surface area contributed by atoms with Crippen molar-refractivity contribution in [1.82, 2.24) is 4.90 Å². The molecule has 1 amide bonds. The van der Waals surface area contributed by atoms with Crippen molar-refractivity contribution in [2.24, 2.45) is 5.92 Å². The van der Waals surface area contributed by atoms with Crippen LogP contribution < -0.4 is 5.73 Å². The molecule has 3 heteroatoms. The van der Waals surface area contributed by atoms with E-state index >= 15 is 0 Å². The maximum atomic E-state index is 11.6. The van der Waals surface area contributed by atoms with Gasteiger partial charge in [-0.3, -0.25) is 4.79 Å². The largest absolute Gasteiger partial charge is 0.399 e. The highest BCUT2D eigenvalue weighted by Gasteiger charge is 2.25. The molecule has 0 saturated carbocycles. The summed E-state index contributed by atoms with van der Waals surface area (Å²) in [6, 6.07) is 7.97. The van der Waals surface area contributed by atoms with E-state index in [0.717, 1.165) is 38.0 Å². The fourth-order valence-corrected chi connectivity index (χ4v) is 2.41. The SMILES string of the molecule is CC1CC(=O)N(CCCc2cccc(N)c2)C1. The van der Waals surface area contributed by atoms with Gasteiger partial charge in [0.2, 0.25) is 5.91 Å². The molecule has 0 radical (unpaired) electrons. The summed E-state index contributed by atoms with van der Waals surface area (Å²) in [4.78, 5) is 13.6. The van der Waals surface area contributed by atoms with Crippen molar-refractivity contribution in [2.75, 3.05) is 18.8 Å². The molecule has 1 fully saturated rings. The lowest BCUT2D eigenvalue weighted by molar-refractivity contribution is -0.127. The molecule has 0 bridgehead atoms. The van der Waals surface area contributed by atoms with E-state index in [0.29, 0.717) is 11.8 Å². The first-order valence-corrected chi connectivity index (χ1v) is 6.27. The number of nitrogen functional groups attached to an aromatic ring is 1. The molecule has 92 valence electrons. The summed E-state index contributed by atoms with van der Waals surface area (Å²) in [6.07, 6.45) is 2.73. The van der Waals surface area contributed by atoms with Gasteiger partial charge < -0.3 is 10.6 Å². The highest BCUT2D eigenvalue weighted by atomic mass is 16.2. The van der Waals surface area contributed by atoms with Crippen LogP contribution in [0.1, 0.15) is 25.3 Å². The summed E-state index contributed by atoms with van der Waals surface area (Å²) in [5.74, 6) is 0.833. The molecular formula is C14H20N2O. The van der Waals surface area contributed by atoms with E-state index in [-0.39, 0.29) is 0 Å².